The summed E-state index contributed by atoms with van der Waals surface area (Å²) in [5, 5.41) is 13.0. The molecule has 0 aromatic rings. The van der Waals surface area contributed by atoms with Crippen LogP contribution in [0.2, 0.25) is 0 Å². The van der Waals surface area contributed by atoms with Crippen LogP contribution in [0.4, 0.5) is 4.79 Å². The lowest BCUT2D eigenvalue weighted by atomic mass is 9.86. The van der Waals surface area contributed by atoms with Gasteiger partial charge in [0.15, 0.2) is 0 Å². The van der Waals surface area contributed by atoms with Crippen LogP contribution in [-0.2, 0) is 0 Å². The molecule has 0 unspecified atom stereocenters. The normalized spacial score (nSPS) is 21.9. The van der Waals surface area contributed by atoms with Crippen molar-refractivity contribution in [1.82, 2.24) is 5.32 Å². The molecule has 2 N–H and O–H groups in total. The lowest BCUT2D eigenvalue weighted by Gasteiger charge is -2.27. The third-order valence-electron chi connectivity index (χ3n) is 3.11. The van der Waals surface area contributed by atoms with Gasteiger partial charge in [-0.25, -0.2) is 0 Å². The first-order valence-corrected chi connectivity index (χ1v) is 7.59. The number of aliphatic hydroxyl groups is 1. The summed E-state index contributed by atoms with van der Waals surface area (Å²) in [5.74, 6) is 0.466. The van der Waals surface area contributed by atoms with Crippen molar-refractivity contribution < 1.29 is 9.90 Å². The molecule has 4 heteroatoms. The zero-order valence-corrected chi connectivity index (χ0v) is 12.6. The predicted molar refractivity (Wildman–Crippen MR) is 77.5 cm³/mol. The Morgan fingerprint density at radius 3 is 2.67 bits per heavy atom. The molecule has 0 aliphatic heterocycles. The molecule has 0 saturated carbocycles. The van der Waals surface area contributed by atoms with Crippen LogP contribution in [-0.4, -0.2) is 22.5 Å². The zero-order chi connectivity index (χ0) is 13.7. The molecule has 0 spiro atoms. The van der Waals surface area contributed by atoms with Crippen molar-refractivity contribution in [2.75, 3.05) is 0 Å². The van der Waals surface area contributed by atoms with Gasteiger partial charge in [0, 0.05) is 12.0 Å². The summed E-state index contributed by atoms with van der Waals surface area (Å²) in [6.45, 7) is 7.98. The Bertz CT molecular complexity index is 313. The van der Waals surface area contributed by atoms with Gasteiger partial charge in [-0.3, -0.25) is 4.79 Å². The Morgan fingerprint density at radius 1 is 1.44 bits per heavy atom. The average Bonchev–Trinajstić information content (AvgIpc) is 2.26. The molecule has 3 nitrogen and oxygen atoms in total. The zero-order valence-electron chi connectivity index (χ0n) is 11.8. The van der Waals surface area contributed by atoms with E-state index in [0.29, 0.717) is 0 Å². The van der Waals surface area contributed by atoms with E-state index in [0.717, 1.165) is 24.2 Å². The Labute approximate surface area is 114 Å². The summed E-state index contributed by atoms with van der Waals surface area (Å²) >= 11 is 1.28. The van der Waals surface area contributed by atoms with Crippen LogP contribution in [0.1, 0.15) is 47.0 Å². The summed E-state index contributed by atoms with van der Waals surface area (Å²) in [4.78, 5) is 12.8. The predicted octanol–water partition coefficient (Wildman–Crippen LogP) is 3.54. The number of carbonyl (C=O) groups excluding carboxylic acids is 1. The second-order valence-corrected chi connectivity index (χ2v) is 6.71. The number of aliphatic hydroxyl groups excluding tert-OH is 1. The monoisotopic (exact) mass is 271 g/mol. The maximum absolute atomic E-state index is 11.7. The first-order valence-electron chi connectivity index (χ1n) is 6.77. The highest BCUT2D eigenvalue weighted by Crippen LogP contribution is 2.33. The fourth-order valence-corrected chi connectivity index (χ4v) is 3.17. The number of rotatable bonds is 4. The van der Waals surface area contributed by atoms with Gasteiger partial charge in [-0.05, 0) is 55.7 Å². The Morgan fingerprint density at radius 2 is 2.11 bits per heavy atom. The molecule has 0 saturated heterocycles. The highest BCUT2D eigenvalue weighted by Gasteiger charge is 2.24. The van der Waals surface area contributed by atoms with Crippen LogP contribution in [0, 0.1) is 11.8 Å². The van der Waals surface area contributed by atoms with E-state index in [9.17, 15) is 9.90 Å². The first kappa shape index (κ1) is 15.6. The van der Waals surface area contributed by atoms with Gasteiger partial charge in [-0.15, -0.1) is 0 Å². The molecule has 1 aliphatic rings. The van der Waals surface area contributed by atoms with Crippen molar-refractivity contribution in [2.24, 2.45) is 11.8 Å². The Hall–Kier alpha value is -0.480. The Balaban J connectivity index is 2.57. The average molecular weight is 271 g/mol. The van der Waals surface area contributed by atoms with E-state index in [1.807, 2.05) is 27.7 Å². The minimum absolute atomic E-state index is 0.0101. The molecule has 2 atom stereocenters. The van der Waals surface area contributed by atoms with E-state index in [1.165, 1.54) is 11.8 Å². The lowest BCUT2D eigenvalue weighted by molar-refractivity contribution is 0.0778. The van der Waals surface area contributed by atoms with Gasteiger partial charge in [-0.1, -0.05) is 19.9 Å². The topological polar surface area (TPSA) is 49.3 Å². The molecule has 0 radical (unpaired) electrons. The molecular weight excluding hydrogens is 246 g/mol. The first-order chi connectivity index (χ1) is 8.40. The highest BCUT2D eigenvalue weighted by atomic mass is 32.2. The van der Waals surface area contributed by atoms with Gasteiger partial charge in [0.25, 0.3) is 5.24 Å². The summed E-state index contributed by atoms with van der Waals surface area (Å²) in [6, 6.07) is 0.172. The second kappa shape index (κ2) is 7.19. The molecule has 1 amide bonds. The number of amides is 1. The van der Waals surface area contributed by atoms with Gasteiger partial charge in [0.2, 0.25) is 0 Å². The second-order valence-electron chi connectivity index (χ2n) is 5.61. The molecule has 0 heterocycles. The highest BCUT2D eigenvalue weighted by molar-refractivity contribution is 8.16. The molecule has 0 bridgehead atoms. The van der Waals surface area contributed by atoms with Gasteiger partial charge in [-0.2, -0.15) is 0 Å². The molecule has 1 aliphatic carbocycles. The third-order valence-corrected chi connectivity index (χ3v) is 4.02. The van der Waals surface area contributed by atoms with Crippen molar-refractivity contribution in [1.29, 1.82) is 0 Å². The minimum atomic E-state index is -0.297. The molecule has 0 aromatic carbocycles. The van der Waals surface area contributed by atoms with Crippen LogP contribution < -0.4 is 5.32 Å². The van der Waals surface area contributed by atoms with Crippen LogP contribution in [0.25, 0.3) is 0 Å². The summed E-state index contributed by atoms with van der Waals surface area (Å²) < 4.78 is 0. The number of hydrogen-bond donors (Lipinski definition) is 2. The van der Waals surface area contributed by atoms with Crippen LogP contribution in [0.5, 0.6) is 0 Å². The molecule has 0 aromatic heterocycles. The van der Waals surface area contributed by atoms with E-state index in [4.69, 9.17) is 0 Å². The number of hydrogen-bond acceptors (Lipinski definition) is 3. The van der Waals surface area contributed by atoms with Crippen molar-refractivity contribution in [2.45, 2.75) is 59.1 Å². The molecule has 0 fully saturated rings. The fourth-order valence-electron chi connectivity index (χ4n) is 2.15. The van der Waals surface area contributed by atoms with E-state index in [1.54, 1.807) is 0 Å². The lowest BCUT2D eigenvalue weighted by Crippen LogP contribution is -2.28. The summed E-state index contributed by atoms with van der Waals surface area (Å²) in [7, 11) is 0. The quantitative estimate of drug-likeness (QED) is 0.822. The SMILES string of the molecule is CC(C)NC(=O)SC1=C[C@@H]([C@H](O)C(C)C)CCC1. The number of carbonyl (C=O) groups is 1. The standard InChI is InChI=1S/C14H25NO2S/c1-9(2)13(16)11-6-5-7-12(8-11)18-14(17)15-10(3)4/h8-11,13,16H,5-7H2,1-4H3,(H,15,17)/t11-,13+/m0/s1. The van der Waals surface area contributed by atoms with Crippen molar-refractivity contribution in [3.8, 4) is 0 Å². The molecule has 18 heavy (non-hydrogen) atoms. The minimum Gasteiger partial charge on any atom is -0.392 e. The van der Waals surface area contributed by atoms with Crippen molar-refractivity contribution >= 4 is 17.0 Å². The van der Waals surface area contributed by atoms with Gasteiger partial charge in [0.1, 0.15) is 0 Å². The van der Waals surface area contributed by atoms with Crippen molar-refractivity contribution in [3.63, 3.8) is 0 Å². The summed E-state index contributed by atoms with van der Waals surface area (Å²) in [6.07, 6.45) is 4.84. The van der Waals surface area contributed by atoms with E-state index >= 15 is 0 Å². The fraction of sp³-hybridized carbons (Fsp3) is 0.786. The molecular formula is C14H25NO2S. The van der Waals surface area contributed by atoms with Crippen LogP contribution in [0.15, 0.2) is 11.0 Å². The van der Waals surface area contributed by atoms with Crippen LogP contribution in [0.3, 0.4) is 0 Å². The van der Waals surface area contributed by atoms with E-state index in [-0.39, 0.29) is 29.2 Å². The third kappa shape index (κ3) is 5.02. The van der Waals surface area contributed by atoms with Gasteiger partial charge in [0.05, 0.1) is 6.10 Å². The van der Waals surface area contributed by atoms with E-state index < -0.39 is 0 Å². The number of allylic oxidation sites excluding steroid dienone is 1. The number of nitrogens with one attached hydrogen (secondary N) is 1. The number of thioether (sulfide) groups is 1. The molecule has 1 rings (SSSR count). The summed E-state index contributed by atoms with van der Waals surface area (Å²) in [5.41, 5.74) is 0. The maximum atomic E-state index is 11.7. The van der Waals surface area contributed by atoms with E-state index in [2.05, 4.69) is 11.4 Å². The Kier molecular flexibility index (Phi) is 6.22. The van der Waals surface area contributed by atoms with Gasteiger partial charge < -0.3 is 10.4 Å². The van der Waals surface area contributed by atoms with Crippen molar-refractivity contribution in [3.05, 3.63) is 11.0 Å². The largest absolute Gasteiger partial charge is 0.392 e. The van der Waals surface area contributed by atoms with Crippen LogP contribution >= 0.6 is 11.8 Å². The smallest absolute Gasteiger partial charge is 0.283 e. The maximum Gasteiger partial charge on any atom is 0.283 e. The van der Waals surface area contributed by atoms with Gasteiger partial charge >= 0.3 is 0 Å². The molecule has 104 valence electrons.